The number of nitrogens with one attached hydrogen (secondary N) is 1. The first kappa shape index (κ1) is 17.0. The van der Waals surface area contributed by atoms with Gasteiger partial charge >= 0.3 is 6.03 Å². The molecule has 0 spiro atoms. The SMILES string of the molecule is CCCCCCC1=CN(C)C(=O)NC1c1ccc([N+](=O)[O-])cc1. The van der Waals surface area contributed by atoms with E-state index in [2.05, 4.69) is 12.2 Å². The van der Waals surface area contributed by atoms with E-state index in [9.17, 15) is 14.9 Å². The summed E-state index contributed by atoms with van der Waals surface area (Å²) < 4.78 is 0. The van der Waals surface area contributed by atoms with Crippen molar-refractivity contribution >= 4 is 11.7 Å². The summed E-state index contributed by atoms with van der Waals surface area (Å²) >= 11 is 0. The third-order valence-electron chi connectivity index (χ3n) is 4.07. The van der Waals surface area contributed by atoms with Gasteiger partial charge in [-0.15, -0.1) is 0 Å². The van der Waals surface area contributed by atoms with Gasteiger partial charge < -0.3 is 10.2 Å². The molecule has 1 heterocycles. The van der Waals surface area contributed by atoms with Crippen molar-refractivity contribution in [3.63, 3.8) is 0 Å². The van der Waals surface area contributed by atoms with Crippen LogP contribution in [0.5, 0.6) is 0 Å². The molecular weight excluding hydrogens is 294 g/mol. The standard InChI is InChI=1S/C17H23N3O3/c1-3-4-5-6-7-14-12-19(2)17(21)18-16(14)13-8-10-15(11-9-13)20(22)23/h8-12,16H,3-7H2,1-2H3,(H,18,21). The lowest BCUT2D eigenvalue weighted by Crippen LogP contribution is -2.41. The van der Waals surface area contributed by atoms with Gasteiger partial charge in [-0.1, -0.05) is 26.2 Å². The number of urea groups is 1. The van der Waals surface area contributed by atoms with Crippen LogP contribution in [0.25, 0.3) is 0 Å². The summed E-state index contributed by atoms with van der Waals surface area (Å²) in [5.41, 5.74) is 2.07. The number of unbranched alkanes of at least 4 members (excludes halogenated alkanes) is 3. The van der Waals surface area contributed by atoms with Gasteiger partial charge in [0.2, 0.25) is 0 Å². The molecule has 1 aliphatic rings. The molecule has 0 bridgehead atoms. The zero-order valence-electron chi connectivity index (χ0n) is 13.6. The van der Waals surface area contributed by atoms with Gasteiger partial charge in [-0.3, -0.25) is 10.1 Å². The Morgan fingerprint density at radius 1 is 1.22 bits per heavy atom. The molecule has 1 aliphatic heterocycles. The first-order chi connectivity index (χ1) is 11.0. The van der Waals surface area contributed by atoms with E-state index in [1.54, 1.807) is 24.1 Å². The van der Waals surface area contributed by atoms with Gasteiger partial charge in [0.15, 0.2) is 0 Å². The second-order valence-corrected chi connectivity index (χ2v) is 5.86. The molecule has 1 N–H and O–H groups in total. The average molecular weight is 317 g/mol. The second-order valence-electron chi connectivity index (χ2n) is 5.86. The number of rotatable bonds is 7. The summed E-state index contributed by atoms with van der Waals surface area (Å²) in [7, 11) is 1.73. The van der Waals surface area contributed by atoms with Crippen LogP contribution in [0.1, 0.15) is 50.6 Å². The zero-order valence-corrected chi connectivity index (χ0v) is 13.6. The van der Waals surface area contributed by atoms with Crippen LogP contribution in [0.15, 0.2) is 36.0 Å². The van der Waals surface area contributed by atoms with Crippen LogP contribution < -0.4 is 5.32 Å². The number of nitro groups is 1. The fraction of sp³-hybridized carbons (Fsp3) is 0.471. The van der Waals surface area contributed by atoms with Crippen molar-refractivity contribution in [2.45, 2.75) is 45.1 Å². The molecular formula is C17H23N3O3. The molecule has 124 valence electrons. The maximum Gasteiger partial charge on any atom is 0.321 e. The van der Waals surface area contributed by atoms with Crippen molar-refractivity contribution in [3.05, 3.63) is 51.7 Å². The van der Waals surface area contributed by atoms with E-state index >= 15 is 0 Å². The normalized spacial score (nSPS) is 17.7. The van der Waals surface area contributed by atoms with Crippen molar-refractivity contribution in [2.75, 3.05) is 7.05 Å². The summed E-state index contributed by atoms with van der Waals surface area (Å²) in [5, 5.41) is 13.7. The highest BCUT2D eigenvalue weighted by atomic mass is 16.6. The number of nitrogens with zero attached hydrogens (tertiary/aromatic N) is 2. The lowest BCUT2D eigenvalue weighted by Gasteiger charge is -2.30. The Labute approximate surface area is 136 Å². The topological polar surface area (TPSA) is 75.5 Å². The molecule has 23 heavy (non-hydrogen) atoms. The number of hydrogen-bond donors (Lipinski definition) is 1. The van der Waals surface area contributed by atoms with Crippen molar-refractivity contribution in [1.29, 1.82) is 0 Å². The molecule has 1 aromatic rings. The van der Waals surface area contributed by atoms with E-state index in [1.165, 1.54) is 31.4 Å². The van der Waals surface area contributed by atoms with Crippen LogP contribution in [-0.4, -0.2) is 22.9 Å². The lowest BCUT2D eigenvalue weighted by atomic mass is 9.93. The molecule has 0 fully saturated rings. The molecule has 0 aliphatic carbocycles. The van der Waals surface area contributed by atoms with Gasteiger partial charge in [0.25, 0.3) is 5.69 Å². The maximum absolute atomic E-state index is 11.9. The van der Waals surface area contributed by atoms with Crippen LogP contribution in [0.2, 0.25) is 0 Å². The Balaban J connectivity index is 2.16. The van der Waals surface area contributed by atoms with Crippen LogP contribution in [0.3, 0.4) is 0 Å². The largest absolute Gasteiger partial charge is 0.327 e. The van der Waals surface area contributed by atoms with Gasteiger partial charge in [0.05, 0.1) is 11.0 Å². The van der Waals surface area contributed by atoms with Gasteiger partial charge in [-0.25, -0.2) is 4.79 Å². The summed E-state index contributed by atoms with van der Waals surface area (Å²) in [6.45, 7) is 2.17. The number of benzene rings is 1. The second kappa shape index (κ2) is 7.76. The smallest absolute Gasteiger partial charge is 0.321 e. The van der Waals surface area contributed by atoms with E-state index in [0.717, 1.165) is 24.0 Å². The van der Waals surface area contributed by atoms with Crippen molar-refractivity contribution in [1.82, 2.24) is 10.2 Å². The number of carbonyl (C=O) groups excluding carboxylic acids is 1. The van der Waals surface area contributed by atoms with E-state index < -0.39 is 4.92 Å². The minimum atomic E-state index is -0.418. The predicted molar refractivity (Wildman–Crippen MR) is 89.0 cm³/mol. The Kier molecular flexibility index (Phi) is 5.73. The Bertz CT molecular complexity index is 596. The molecule has 0 radical (unpaired) electrons. The van der Waals surface area contributed by atoms with Gasteiger partial charge in [-0.2, -0.15) is 0 Å². The van der Waals surface area contributed by atoms with Gasteiger partial charge in [0.1, 0.15) is 0 Å². The summed E-state index contributed by atoms with van der Waals surface area (Å²) in [5.74, 6) is 0. The zero-order chi connectivity index (χ0) is 16.8. The molecule has 6 nitrogen and oxygen atoms in total. The molecule has 0 saturated heterocycles. The highest BCUT2D eigenvalue weighted by Crippen LogP contribution is 2.30. The fourth-order valence-corrected chi connectivity index (χ4v) is 2.75. The molecule has 0 aromatic heterocycles. The Morgan fingerprint density at radius 3 is 2.52 bits per heavy atom. The predicted octanol–water partition coefficient (Wildman–Crippen LogP) is 4.15. The highest BCUT2D eigenvalue weighted by Gasteiger charge is 2.26. The number of amides is 2. The van der Waals surface area contributed by atoms with Crippen molar-refractivity contribution in [2.24, 2.45) is 0 Å². The summed E-state index contributed by atoms with van der Waals surface area (Å²) in [6, 6.07) is 6.03. The van der Waals surface area contributed by atoms with Crippen molar-refractivity contribution < 1.29 is 9.72 Å². The average Bonchev–Trinajstić information content (AvgIpc) is 2.54. The minimum absolute atomic E-state index is 0.0569. The number of carbonyl (C=O) groups is 1. The fourth-order valence-electron chi connectivity index (χ4n) is 2.75. The molecule has 2 rings (SSSR count). The van der Waals surface area contributed by atoms with Crippen molar-refractivity contribution in [3.8, 4) is 0 Å². The summed E-state index contributed by atoms with van der Waals surface area (Å²) in [6.07, 6.45) is 7.42. The number of nitro benzene ring substituents is 1. The van der Waals surface area contributed by atoms with E-state index in [-0.39, 0.29) is 17.8 Å². The first-order valence-electron chi connectivity index (χ1n) is 8.01. The summed E-state index contributed by atoms with van der Waals surface area (Å²) in [4.78, 5) is 23.8. The Hall–Kier alpha value is -2.37. The lowest BCUT2D eigenvalue weighted by molar-refractivity contribution is -0.384. The molecule has 0 saturated carbocycles. The highest BCUT2D eigenvalue weighted by molar-refractivity contribution is 5.77. The number of non-ortho nitro benzene ring substituents is 1. The van der Waals surface area contributed by atoms with Gasteiger partial charge in [0, 0.05) is 25.4 Å². The van der Waals surface area contributed by atoms with E-state index in [0.29, 0.717) is 0 Å². The van der Waals surface area contributed by atoms with Crippen LogP contribution in [0.4, 0.5) is 10.5 Å². The van der Waals surface area contributed by atoms with E-state index in [4.69, 9.17) is 0 Å². The number of hydrogen-bond acceptors (Lipinski definition) is 3. The Morgan fingerprint density at radius 2 is 1.91 bits per heavy atom. The van der Waals surface area contributed by atoms with Gasteiger partial charge in [-0.05, 0) is 36.1 Å². The minimum Gasteiger partial charge on any atom is -0.327 e. The molecule has 1 unspecified atom stereocenters. The molecule has 2 amide bonds. The van der Waals surface area contributed by atoms with Crippen LogP contribution >= 0.6 is 0 Å². The quantitative estimate of drug-likeness (QED) is 0.466. The maximum atomic E-state index is 11.9. The third kappa shape index (κ3) is 4.31. The molecule has 1 atom stereocenters. The monoisotopic (exact) mass is 317 g/mol. The van der Waals surface area contributed by atoms with E-state index in [1.807, 2.05) is 6.20 Å². The van der Waals surface area contributed by atoms with Crippen LogP contribution in [0, 0.1) is 10.1 Å². The molecule has 1 aromatic carbocycles. The first-order valence-corrected chi connectivity index (χ1v) is 8.01. The molecule has 6 heteroatoms. The third-order valence-corrected chi connectivity index (χ3v) is 4.07. The van der Waals surface area contributed by atoms with Crippen LogP contribution in [-0.2, 0) is 0 Å².